The zero-order valence-corrected chi connectivity index (χ0v) is 11.5. The van der Waals surface area contributed by atoms with E-state index in [9.17, 15) is 8.42 Å². The highest BCUT2D eigenvalue weighted by atomic mass is 32.2. The van der Waals surface area contributed by atoms with E-state index in [1.165, 1.54) is 11.3 Å². The van der Waals surface area contributed by atoms with Gasteiger partial charge in [-0.1, -0.05) is 11.3 Å². The van der Waals surface area contributed by atoms with Gasteiger partial charge in [0, 0.05) is 7.05 Å². The van der Waals surface area contributed by atoms with Crippen LogP contribution >= 0.6 is 11.3 Å². The molecule has 0 bridgehead atoms. The highest BCUT2D eigenvalue weighted by Gasteiger charge is 2.19. The summed E-state index contributed by atoms with van der Waals surface area (Å²) in [5.41, 5.74) is 0.821. The van der Waals surface area contributed by atoms with E-state index in [4.69, 9.17) is 0 Å². The Morgan fingerprint density at radius 1 is 1.35 bits per heavy atom. The number of fused-ring (bicyclic) bond motifs is 1. The molecular formula is C11H14N2O2S2. The van der Waals surface area contributed by atoms with Crippen molar-refractivity contribution in [1.29, 1.82) is 0 Å². The second-order valence-electron chi connectivity index (χ2n) is 3.99. The maximum absolute atomic E-state index is 12.0. The number of sulfone groups is 1. The van der Waals surface area contributed by atoms with Gasteiger partial charge in [-0.2, -0.15) is 0 Å². The lowest BCUT2D eigenvalue weighted by atomic mass is 10.3. The summed E-state index contributed by atoms with van der Waals surface area (Å²) in [4.78, 5) is 4.68. The minimum Gasteiger partial charge on any atom is -0.365 e. The third kappa shape index (κ3) is 2.14. The molecule has 2 rings (SSSR count). The van der Waals surface area contributed by atoms with Gasteiger partial charge in [-0.3, -0.25) is 0 Å². The van der Waals surface area contributed by atoms with E-state index in [0.29, 0.717) is 4.90 Å². The van der Waals surface area contributed by atoms with E-state index in [1.54, 1.807) is 39.1 Å². The summed E-state index contributed by atoms with van der Waals surface area (Å²) in [5.74, 6) is 0. The van der Waals surface area contributed by atoms with E-state index >= 15 is 0 Å². The SMILES string of the molecule is CNc1nc2ccc(S(=O)(=O)C(C)C)cc2s1. The number of benzene rings is 1. The van der Waals surface area contributed by atoms with Crippen LogP contribution in [-0.4, -0.2) is 25.7 Å². The Morgan fingerprint density at radius 2 is 2.06 bits per heavy atom. The minimum absolute atomic E-state index is 0.367. The summed E-state index contributed by atoms with van der Waals surface area (Å²) in [6.45, 7) is 3.37. The summed E-state index contributed by atoms with van der Waals surface area (Å²) >= 11 is 1.45. The minimum atomic E-state index is -3.21. The lowest BCUT2D eigenvalue weighted by Gasteiger charge is -2.06. The van der Waals surface area contributed by atoms with Crippen LogP contribution in [0.3, 0.4) is 0 Å². The quantitative estimate of drug-likeness (QED) is 0.931. The van der Waals surface area contributed by atoms with Gasteiger partial charge in [0.2, 0.25) is 0 Å². The topological polar surface area (TPSA) is 59.1 Å². The van der Waals surface area contributed by atoms with Crippen molar-refractivity contribution < 1.29 is 8.42 Å². The predicted octanol–water partition coefficient (Wildman–Crippen LogP) is 2.52. The molecule has 0 aliphatic heterocycles. The largest absolute Gasteiger partial charge is 0.365 e. The van der Waals surface area contributed by atoms with Crippen LogP contribution in [0.1, 0.15) is 13.8 Å². The first-order valence-corrected chi connectivity index (χ1v) is 7.63. The fourth-order valence-electron chi connectivity index (χ4n) is 1.46. The average Bonchev–Trinajstić information content (AvgIpc) is 2.70. The number of rotatable bonds is 3. The smallest absolute Gasteiger partial charge is 0.183 e. The Labute approximate surface area is 105 Å². The highest BCUT2D eigenvalue weighted by Crippen LogP contribution is 2.28. The number of hydrogen-bond donors (Lipinski definition) is 1. The Kier molecular flexibility index (Phi) is 3.09. The van der Waals surface area contributed by atoms with Crippen LogP contribution in [0.15, 0.2) is 23.1 Å². The average molecular weight is 270 g/mol. The second kappa shape index (κ2) is 4.27. The van der Waals surface area contributed by atoms with E-state index in [1.807, 2.05) is 0 Å². The van der Waals surface area contributed by atoms with Crippen LogP contribution < -0.4 is 5.32 Å². The molecule has 0 fully saturated rings. The molecule has 17 heavy (non-hydrogen) atoms. The molecule has 6 heteroatoms. The van der Waals surface area contributed by atoms with Crippen molar-refractivity contribution in [3.05, 3.63) is 18.2 Å². The number of hydrogen-bond acceptors (Lipinski definition) is 5. The maximum Gasteiger partial charge on any atom is 0.183 e. The molecule has 0 saturated carbocycles. The Hall–Kier alpha value is -1.14. The Morgan fingerprint density at radius 3 is 2.65 bits per heavy atom. The number of anilines is 1. The Balaban J connectivity index is 2.59. The molecule has 0 radical (unpaired) electrons. The summed E-state index contributed by atoms with van der Waals surface area (Å²) in [5, 5.41) is 3.34. The predicted molar refractivity (Wildman–Crippen MR) is 71.5 cm³/mol. The van der Waals surface area contributed by atoms with Crippen molar-refractivity contribution in [2.75, 3.05) is 12.4 Å². The van der Waals surface area contributed by atoms with Crippen LogP contribution in [0.5, 0.6) is 0 Å². The zero-order chi connectivity index (χ0) is 12.6. The molecule has 2 aromatic rings. The van der Waals surface area contributed by atoms with Gasteiger partial charge in [0.1, 0.15) is 0 Å². The van der Waals surface area contributed by atoms with Gasteiger partial charge in [-0.25, -0.2) is 13.4 Å². The molecule has 0 aliphatic rings. The van der Waals surface area contributed by atoms with E-state index in [-0.39, 0.29) is 0 Å². The molecule has 0 spiro atoms. The summed E-state index contributed by atoms with van der Waals surface area (Å²) in [6, 6.07) is 5.07. The van der Waals surface area contributed by atoms with Gasteiger partial charge in [-0.15, -0.1) is 0 Å². The van der Waals surface area contributed by atoms with Gasteiger partial charge in [0.25, 0.3) is 0 Å². The van der Waals surface area contributed by atoms with Crippen LogP contribution in [0.25, 0.3) is 10.2 Å². The molecule has 0 amide bonds. The first kappa shape index (κ1) is 12.3. The first-order valence-electron chi connectivity index (χ1n) is 5.27. The number of thiazole rings is 1. The molecular weight excluding hydrogens is 256 g/mol. The maximum atomic E-state index is 12.0. The molecule has 4 nitrogen and oxygen atoms in total. The molecule has 1 N–H and O–H groups in total. The van der Waals surface area contributed by atoms with Gasteiger partial charge < -0.3 is 5.32 Å². The summed E-state index contributed by atoms with van der Waals surface area (Å²) in [7, 11) is -1.41. The number of nitrogens with one attached hydrogen (secondary N) is 1. The normalized spacial score (nSPS) is 12.2. The standard InChI is InChI=1S/C11H14N2O2S2/c1-7(2)17(14,15)8-4-5-9-10(6-8)16-11(12-3)13-9/h4-7H,1-3H3,(H,12,13). The molecule has 0 saturated heterocycles. The summed E-state index contributed by atoms with van der Waals surface area (Å²) in [6.07, 6.45) is 0. The monoisotopic (exact) mass is 270 g/mol. The van der Waals surface area contributed by atoms with Crippen molar-refractivity contribution in [3.63, 3.8) is 0 Å². The van der Waals surface area contributed by atoms with Crippen molar-refractivity contribution >= 4 is 36.5 Å². The third-order valence-corrected chi connectivity index (χ3v) is 5.71. The molecule has 1 heterocycles. The van der Waals surface area contributed by atoms with E-state index < -0.39 is 15.1 Å². The van der Waals surface area contributed by atoms with Crippen molar-refractivity contribution in [1.82, 2.24) is 4.98 Å². The Bertz CT molecular complexity index is 645. The molecule has 0 aliphatic carbocycles. The second-order valence-corrected chi connectivity index (χ2v) is 7.53. The number of nitrogens with zero attached hydrogens (tertiary/aromatic N) is 1. The van der Waals surface area contributed by atoms with Crippen LogP contribution in [-0.2, 0) is 9.84 Å². The van der Waals surface area contributed by atoms with Crippen LogP contribution in [0.4, 0.5) is 5.13 Å². The van der Waals surface area contributed by atoms with E-state index in [0.717, 1.165) is 15.3 Å². The first-order chi connectivity index (χ1) is 7.95. The van der Waals surface area contributed by atoms with Gasteiger partial charge in [0.05, 0.1) is 20.4 Å². The zero-order valence-electron chi connectivity index (χ0n) is 9.89. The number of aromatic nitrogens is 1. The molecule has 1 aromatic carbocycles. The molecule has 1 aromatic heterocycles. The summed E-state index contributed by atoms with van der Waals surface area (Å²) < 4.78 is 24.9. The van der Waals surface area contributed by atoms with Crippen LogP contribution in [0, 0.1) is 0 Å². The molecule has 0 unspecified atom stereocenters. The van der Waals surface area contributed by atoms with E-state index in [2.05, 4.69) is 10.3 Å². The highest BCUT2D eigenvalue weighted by molar-refractivity contribution is 7.92. The lowest BCUT2D eigenvalue weighted by molar-refractivity contribution is 0.587. The van der Waals surface area contributed by atoms with Crippen LogP contribution in [0.2, 0.25) is 0 Å². The molecule has 0 atom stereocenters. The fraction of sp³-hybridized carbons (Fsp3) is 0.364. The van der Waals surface area contributed by atoms with Crippen molar-refractivity contribution in [2.45, 2.75) is 24.0 Å². The van der Waals surface area contributed by atoms with Gasteiger partial charge in [0.15, 0.2) is 15.0 Å². The molecule has 92 valence electrons. The fourth-order valence-corrected chi connectivity index (χ4v) is 3.48. The van der Waals surface area contributed by atoms with Crippen molar-refractivity contribution in [2.24, 2.45) is 0 Å². The lowest BCUT2D eigenvalue weighted by Crippen LogP contribution is -2.13. The van der Waals surface area contributed by atoms with Gasteiger partial charge in [-0.05, 0) is 32.0 Å². The third-order valence-electron chi connectivity index (χ3n) is 2.52. The van der Waals surface area contributed by atoms with Gasteiger partial charge >= 0.3 is 0 Å². The van der Waals surface area contributed by atoms with Crippen molar-refractivity contribution in [3.8, 4) is 0 Å².